The van der Waals surface area contributed by atoms with Crippen molar-refractivity contribution in [2.75, 3.05) is 20.2 Å². The van der Waals surface area contributed by atoms with Crippen molar-refractivity contribution in [2.45, 2.75) is 24.8 Å². The van der Waals surface area contributed by atoms with Crippen LogP contribution >= 0.6 is 0 Å². The zero-order valence-corrected chi connectivity index (χ0v) is 21.2. The van der Waals surface area contributed by atoms with Gasteiger partial charge in [0, 0.05) is 37.8 Å². The van der Waals surface area contributed by atoms with Gasteiger partial charge in [0.2, 0.25) is 5.91 Å². The molecule has 2 amide bonds. The van der Waals surface area contributed by atoms with E-state index in [1.807, 2.05) is 6.07 Å². The number of hydrogen-bond acceptors (Lipinski definition) is 7. The van der Waals surface area contributed by atoms with Gasteiger partial charge in [0.1, 0.15) is 11.2 Å². The number of ether oxygens (including phenoxy) is 2. The van der Waals surface area contributed by atoms with Crippen molar-refractivity contribution < 1.29 is 24.2 Å². The predicted octanol–water partition coefficient (Wildman–Crippen LogP) is 2.87. The Morgan fingerprint density at radius 3 is 2.79 bits per heavy atom. The van der Waals surface area contributed by atoms with Crippen LogP contribution in [-0.4, -0.2) is 57.4 Å². The Labute approximate surface area is 223 Å². The van der Waals surface area contributed by atoms with Crippen molar-refractivity contribution >= 4 is 17.5 Å². The molecule has 0 aliphatic carbocycles. The number of benzene rings is 2. The van der Waals surface area contributed by atoms with E-state index in [9.17, 15) is 19.5 Å². The average molecular weight is 527 g/mol. The summed E-state index contributed by atoms with van der Waals surface area (Å²) in [4.78, 5) is 45.5. The van der Waals surface area contributed by atoms with Gasteiger partial charge >= 0.3 is 0 Å². The van der Waals surface area contributed by atoms with Gasteiger partial charge in [0.15, 0.2) is 23.0 Å². The van der Waals surface area contributed by atoms with E-state index in [2.05, 4.69) is 10.3 Å². The Morgan fingerprint density at radius 2 is 1.95 bits per heavy atom. The number of aryl methyl sites for hydroxylation is 1. The lowest BCUT2D eigenvalue weighted by Crippen LogP contribution is -2.41. The van der Waals surface area contributed by atoms with Gasteiger partial charge in [0.05, 0.1) is 13.2 Å². The van der Waals surface area contributed by atoms with Gasteiger partial charge in [-0.3, -0.25) is 18.8 Å². The number of amides is 2. The van der Waals surface area contributed by atoms with Gasteiger partial charge in [-0.25, -0.2) is 4.98 Å². The van der Waals surface area contributed by atoms with Gasteiger partial charge in [-0.2, -0.15) is 0 Å². The molecule has 198 valence electrons. The van der Waals surface area contributed by atoms with Gasteiger partial charge in [-0.1, -0.05) is 18.2 Å². The molecule has 10 heteroatoms. The van der Waals surface area contributed by atoms with E-state index < -0.39 is 17.5 Å². The number of pyridine rings is 1. The molecule has 6 rings (SSSR count). The number of aromatic nitrogens is 2. The smallest absolute Gasteiger partial charge is 0.270 e. The van der Waals surface area contributed by atoms with Crippen LogP contribution < -0.4 is 20.3 Å². The fourth-order valence-corrected chi connectivity index (χ4v) is 5.25. The molecule has 2 aliphatic heterocycles. The third kappa shape index (κ3) is 4.54. The van der Waals surface area contributed by atoms with Crippen LogP contribution in [0.2, 0.25) is 0 Å². The van der Waals surface area contributed by atoms with Crippen molar-refractivity contribution in [2.24, 2.45) is 0 Å². The molecule has 39 heavy (non-hydrogen) atoms. The number of nitrogens with one attached hydrogen (secondary N) is 1. The van der Waals surface area contributed by atoms with Crippen molar-refractivity contribution in [3.05, 3.63) is 94.0 Å². The SMILES string of the molecule is COc1ccc2cc1Oc1cc(ccc1O)CCC(=O)N[C@@H]1CN(C(=O)c3cnc4ccccn4c3=O)C[C@@H]21. The summed E-state index contributed by atoms with van der Waals surface area (Å²) in [5.74, 6) is 0.213. The molecular weight excluding hydrogens is 500 g/mol. The van der Waals surface area contributed by atoms with Crippen LogP contribution in [0.5, 0.6) is 23.0 Å². The van der Waals surface area contributed by atoms with Crippen LogP contribution in [0.15, 0.2) is 71.8 Å². The Morgan fingerprint density at radius 1 is 1.08 bits per heavy atom. The number of methoxy groups -OCH3 is 1. The molecular formula is C29H26N4O6. The lowest BCUT2D eigenvalue weighted by molar-refractivity contribution is -0.121. The molecule has 1 fully saturated rings. The topological polar surface area (TPSA) is 122 Å². The molecule has 2 aliphatic rings. The first-order chi connectivity index (χ1) is 18.9. The molecule has 4 bridgehead atoms. The van der Waals surface area contributed by atoms with E-state index in [1.54, 1.807) is 59.6 Å². The third-order valence-electron chi connectivity index (χ3n) is 7.30. The molecule has 4 heterocycles. The minimum Gasteiger partial charge on any atom is -0.504 e. The number of fused-ring (bicyclic) bond motifs is 7. The molecule has 0 unspecified atom stereocenters. The fourth-order valence-electron chi connectivity index (χ4n) is 5.25. The average Bonchev–Trinajstić information content (AvgIpc) is 3.36. The maximum absolute atomic E-state index is 13.6. The number of likely N-dealkylation sites (tertiary alicyclic amines) is 1. The molecule has 2 N–H and O–H groups in total. The van der Waals surface area contributed by atoms with Crippen molar-refractivity contribution in [1.29, 1.82) is 0 Å². The summed E-state index contributed by atoms with van der Waals surface area (Å²) in [5.41, 5.74) is 1.61. The minimum atomic E-state index is -0.446. The monoisotopic (exact) mass is 526 g/mol. The zero-order valence-electron chi connectivity index (χ0n) is 21.2. The van der Waals surface area contributed by atoms with Gasteiger partial charge < -0.3 is 24.8 Å². The number of carbonyl (C=O) groups excluding carboxylic acids is 2. The number of carbonyl (C=O) groups is 2. The van der Waals surface area contributed by atoms with Crippen LogP contribution in [0.1, 0.15) is 33.8 Å². The Hall–Kier alpha value is -4.86. The quantitative estimate of drug-likeness (QED) is 0.412. The van der Waals surface area contributed by atoms with E-state index >= 15 is 0 Å². The van der Waals surface area contributed by atoms with E-state index in [0.29, 0.717) is 23.6 Å². The van der Waals surface area contributed by atoms with Crippen molar-refractivity contribution in [3.63, 3.8) is 0 Å². The van der Waals surface area contributed by atoms with Gasteiger partial charge in [-0.05, 0) is 53.9 Å². The normalized spacial score (nSPS) is 18.7. The number of nitrogens with zero attached hydrogens (tertiary/aromatic N) is 3. The first kappa shape index (κ1) is 24.5. The van der Waals surface area contributed by atoms with Crippen LogP contribution in [0, 0.1) is 0 Å². The molecule has 2 aromatic heterocycles. The summed E-state index contributed by atoms with van der Waals surface area (Å²) in [7, 11) is 1.53. The van der Waals surface area contributed by atoms with E-state index in [-0.39, 0.29) is 48.4 Å². The first-order valence-corrected chi connectivity index (χ1v) is 12.6. The molecule has 2 atom stereocenters. The highest BCUT2D eigenvalue weighted by Crippen LogP contribution is 2.40. The zero-order chi connectivity index (χ0) is 27.1. The highest BCUT2D eigenvalue weighted by molar-refractivity contribution is 5.94. The standard InChI is InChI=1S/C29H26N4O6/c1-38-23-9-7-18-13-25(23)39-24-12-17(5-8-22(24)34)6-10-27(35)31-21-16-32(15-20(18)21)28(36)19-14-30-26-4-2-3-11-33(26)29(19)37/h2-5,7-9,11-14,20-21,34H,6,10,15-16H2,1H3,(H,31,35)/t20-,21+/m0/s1. The highest BCUT2D eigenvalue weighted by atomic mass is 16.5. The summed E-state index contributed by atoms with van der Waals surface area (Å²) in [6.07, 6.45) is 3.55. The lowest BCUT2D eigenvalue weighted by Gasteiger charge is -2.21. The predicted molar refractivity (Wildman–Crippen MR) is 142 cm³/mol. The van der Waals surface area contributed by atoms with Crippen molar-refractivity contribution in [1.82, 2.24) is 19.6 Å². The maximum Gasteiger partial charge on any atom is 0.270 e. The molecule has 4 aromatic rings. The highest BCUT2D eigenvalue weighted by Gasteiger charge is 2.38. The fraction of sp³-hybridized carbons (Fsp3) is 0.241. The summed E-state index contributed by atoms with van der Waals surface area (Å²) < 4.78 is 12.9. The molecule has 10 nitrogen and oxygen atoms in total. The maximum atomic E-state index is 13.6. The van der Waals surface area contributed by atoms with Gasteiger partial charge in [0.25, 0.3) is 11.5 Å². The second-order valence-electron chi connectivity index (χ2n) is 9.71. The Balaban J connectivity index is 1.38. The third-order valence-corrected chi connectivity index (χ3v) is 7.30. The molecule has 0 radical (unpaired) electrons. The molecule has 0 spiro atoms. The summed E-state index contributed by atoms with van der Waals surface area (Å²) in [5, 5.41) is 13.5. The van der Waals surface area contributed by atoms with E-state index in [0.717, 1.165) is 11.1 Å². The van der Waals surface area contributed by atoms with Crippen LogP contribution in [0.3, 0.4) is 0 Å². The van der Waals surface area contributed by atoms with E-state index in [1.165, 1.54) is 17.7 Å². The lowest BCUT2D eigenvalue weighted by atomic mass is 9.93. The van der Waals surface area contributed by atoms with Crippen molar-refractivity contribution in [3.8, 4) is 23.0 Å². The Bertz CT molecular complexity index is 1670. The second-order valence-corrected chi connectivity index (χ2v) is 9.71. The first-order valence-electron chi connectivity index (χ1n) is 12.6. The molecule has 1 saturated heterocycles. The number of rotatable bonds is 2. The summed E-state index contributed by atoms with van der Waals surface area (Å²) >= 11 is 0. The minimum absolute atomic E-state index is 0.0312. The summed E-state index contributed by atoms with van der Waals surface area (Å²) in [6, 6.07) is 15.2. The second kappa shape index (κ2) is 9.79. The summed E-state index contributed by atoms with van der Waals surface area (Å²) in [6.45, 7) is 0.494. The molecule has 2 aromatic carbocycles. The van der Waals surface area contributed by atoms with Crippen LogP contribution in [0.4, 0.5) is 0 Å². The number of phenols is 1. The number of phenolic OH excluding ortho intramolecular Hbond substituents is 1. The number of hydrogen-bond donors (Lipinski definition) is 2. The van der Waals surface area contributed by atoms with Gasteiger partial charge in [-0.15, -0.1) is 0 Å². The number of aromatic hydroxyl groups is 1. The van der Waals surface area contributed by atoms with Crippen LogP contribution in [0.25, 0.3) is 5.65 Å². The van der Waals surface area contributed by atoms with E-state index in [4.69, 9.17) is 9.47 Å². The van der Waals surface area contributed by atoms with Crippen LogP contribution in [-0.2, 0) is 11.2 Å². The Kier molecular flexibility index (Phi) is 6.14. The largest absolute Gasteiger partial charge is 0.504 e. The molecule has 0 saturated carbocycles.